The first-order valence-corrected chi connectivity index (χ1v) is 6.84. The van der Waals surface area contributed by atoms with Crippen molar-refractivity contribution >= 4 is 17.6 Å². The number of nitrogens with one attached hydrogen (secondary N) is 1. The van der Waals surface area contributed by atoms with Crippen LogP contribution in [0.25, 0.3) is 0 Å². The standard InChI is InChI=1S/C13H12ClF3N2O4/c1-23-12(20)10-8(13(15,16)17)11(19(21)22)9(18-10)6-2-4-7(14)5-3-6/h2-5,8-11,18H,1H3/t8-,9-,10-,11+/m1/s1. The maximum Gasteiger partial charge on any atom is 0.400 e. The largest absolute Gasteiger partial charge is 0.468 e. The highest BCUT2D eigenvalue weighted by atomic mass is 35.5. The molecule has 0 unspecified atom stereocenters. The van der Waals surface area contributed by atoms with Crippen LogP contribution in [-0.4, -0.2) is 36.3 Å². The van der Waals surface area contributed by atoms with Crippen LogP contribution in [0.15, 0.2) is 24.3 Å². The fourth-order valence-electron chi connectivity index (χ4n) is 2.74. The minimum Gasteiger partial charge on any atom is -0.468 e. The molecule has 1 aliphatic heterocycles. The second-order valence-electron chi connectivity index (χ2n) is 5.04. The van der Waals surface area contributed by atoms with Crippen LogP contribution >= 0.6 is 11.6 Å². The lowest BCUT2D eigenvalue weighted by molar-refractivity contribution is -0.540. The van der Waals surface area contributed by atoms with Gasteiger partial charge in [0, 0.05) is 9.95 Å². The van der Waals surface area contributed by atoms with E-state index in [1.54, 1.807) is 0 Å². The van der Waals surface area contributed by atoms with E-state index in [2.05, 4.69) is 10.1 Å². The Morgan fingerprint density at radius 1 is 1.35 bits per heavy atom. The zero-order chi connectivity index (χ0) is 17.4. The normalized spacial score (nSPS) is 27.7. The van der Waals surface area contributed by atoms with Gasteiger partial charge < -0.3 is 4.74 Å². The van der Waals surface area contributed by atoms with Crippen molar-refractivity contribution in [3.8, 4) is 0 Å². The van der Waals surface area contributed by atoms with Gasteiger partial charge in [-0.2, -0.15) is 13.2 Å². The molecular formula is C13H12ClF3N2O4. The van der Waals surface area contributed by atoms with Crippen LogP contribution in [0.3, 0.4) is 0 Å². The van der Waals surface area contributed by atoms with Gasteiger partial charge in [0.1, 0.15) is 18.0 Å². The summed E-state index contributed by atoms with van der Waals surface area (Å²) in [6, 6.07) is 0.370. The van der Waals surface area contributed by atoms with Gasteiger partial charge >= 0.3 is 12.1 Å². The monoisotopic (exact) mass is 352 g/mol. The molecule has 126 valence electrons. The van der Waals surface area contributed by atoms with Crippen LogP contribution in [0.2, 0.25) is 5.02 Å². The van der Waals surface area contributed by atoms with Crippen molar-refractivity contribution in [3.05, 3.63) is 45.0 Å². The Balaban J connectivity index is 2.48. The fourth-order valence-corrected chi connectivity index (χ4v) is 2.87. The number of rotatable bonds is 3. The first-order chi connectivity index (χ1) is 10.7. The van der Waals surface area contributed by atoms with E-state index in [1.165, 1.54) is 24.3 Å². The molecule has 0 aromatic heterocycles. The topological polar surface area (TPSA) is 81.5 Å². The number of halogens is 4. The predicted octanol–water partition coefficient (Wildman–Crippen LogP) is 2.35. The number of methoxy groups -OCH3 is 1. The molecule has 1 fully saturated rings. The minimum atomic E-state index is -4.94. The Morgan fingerprint density at radius 3 is 2.35 bits per heavy atom. The molecule has 10 heteroatoms. The molecule has 2 rings (SSSR count). The van der Waals surface area contributed by atoms with Gasteiger partial charge in [0.05, 0.1) is 7.11 Å². The second-order valence-corrected chi connectivity index (χ2v) is 5.48. The van der Waals surface area contributed by atoms with E-state index < -0.39 is 41.1 Å². The highest BCUT2D eigenvalue weighted by Crippen LogP contribution is 2.43. The first kappa shape index (κ1) is 17.5. The summed E-state index contributed by atoms with van der Waals surface area (Å²) in [5.41, 5.74) is 0.233. The minimum absolute atomic E-state index is 0.233. The summed E-state index contributed by atoms with van der Waals surface area (Å²) < 4.78 is 44.2. The molecule has 0 radical (unpaired) electrons. The molecule has 0 spiro atoms. The van der Waals surface area contributed by atoms with Gasteiger partial charge in [0.2, 0.25) is 6.04 Å². The Hall–Kier alpha value is -1.87. The smallest absolute Gasteiger partial charge is 0.400 e. The SMILES string of the molecule is COC(=O)[C@@H]1N[C@H](c2ccc(Cl)cc2)[C@@H]([N+](=O)[O-])[C@@H]1C(F)(F)F. The summed E-state index contributed by atoms with van der Waals surface area (Å²) in [6.45, 7) is 0. The molecular weight excluding hydrogens is 341 g/mol. The lowest BCUT2D eigenvalue weighted by atomic mass is 9.90. The number of carbonyl (C=O) groups excluding carboxylic acids is 1. The summed E-state index contributed by atoms with van der Waals surface area (Å²) >= 11 is 5.71. The van der Waals surface area contributed by atoms with Gasteiger partial charge in [0.15, 0.2) is 0 Å². The van der Waals surface area contributed by atoms with E-state index in [0.29, 0.717) is 5.02 Å². The van der Waals surface area contributed by atoms with Gasteiger partial charge in [-0.3, -0.25) is 20.2 Å². The summed E-state index contributed by atoms with van der Waals surface area (Å²) in [5, 5.41) is 14.0. The number of hydrogen-bond donors (Lipinski definition) is 1. The molecule has 1 saturated heterocycles. The third kappa shape index (κ3) is 3.40. The Bertz CT molecular complexity index is 608. The lowest BCUT2D eigenvalue weighted by Crippen LogP contribution is -2.46. The van der Waals surface area contributed by atoms with Crippen molar-refractivity contribution in [2.24, 2.45) is 5.92 Å². The highest BCUT2D eigenvalue weighted by molar-refractivity contribution is 6.30. The van der Waals surface area contributed by atoms with Crippen LogP contribution < -0.4 is 5.32 Å². The molecule has 4 atom stereocenters. The molecule has 6 nitrogen and oxygen atoms in total. The Labute approximate surface area is 133 Å². The lowest BCUT2D eigenvalue weighted by Gasteiger charge is -2.21. The number of nitrogens with zero attached hydrogens (tertiary/aromatic N) is 1. The molecule has 1 aliphatic rings. The number of benzene rings is 1. The van der Waals surface area contributed by atoms with Crippen LogP contribution in [-0.2, 0) is 9.53 Å². The predicted molar refractivity (Wildman–Crippen MR) is 73.5 cm³/mol. The molecule has 0 aliphatic carbocycles. The van der Waals surface area contributed by atoms with Crippen molar-refractivity contribution in [3.63, 3.8) is 0 Å². The molecule has 1 heterocycles. The van der Waals surface area contributed by atoms with Gasteiger partial charge in [-0.25, -0.2) is 0 Å². The number of carbonyl (C=O) groups is 1. The Kier molecular flexibility index (Phi) is 4.81. The van der Waals surface area contributed by atoms with E-state index in [1.807, 2.05) is 0 Å². The van der Waals surface area contributed by atoms with Gasteiger partial charge in [-0.05, 0) is 17.7 Å². The summed E-state index contributed by atoms with van der Waals surface area (Å²) in [4.78, 5) is 21.9. The van der Waals surface area contributed by atoms with Crippen LogP contribution in [0, 0.1) is 16.0 Å². The molecule has 1 aromatic rings. The second kappa shape index (κ2) is 6.32. The average molecular weight is 353 g/mol. The van der Waals surface area contributed by atoms with Gasteiger partial charge in [-0.1, -0.05) is 23.7 Å². The average Bonchev–Trinajstić information content (AvgIpc) is 2.88. The first-order valence-electron chi connectivity index (χ1n) is 6.46. The van der Waals surface area contributed by atoms with Crippen molar-refractivity contribution < 1.29 is 27.6 Å². The zero-order valence-electron chi connectivity index (χ0n) is 11.7. The van der Waals surface area contributed by atoms with Crippen molar-refractivity contribution in [2.75, 3.05) is 7.11 Å². The van der Waals surface area contributed by atoms with Gasteiger partial charge in [0.25, 0.3) is 0 Å². The van der Waals surface area contributed by atoms with Crippen LogP contribution in [0.5, 0.6) is 0 Å². The summed E-state index contributed by atoms with van der Waals surface area (Å²) in [5.74, 6) is -3.69. The quantitative estimate of drug-likeness (QED) is 0.513. The van der Waals surface area contributed by atoms with E-state index >= 15 is 0 Å². The van der Waals surface area contributed by atoms with Crippen molar-refractivity contribution in [1.82, 2.24) is 5.32 Å². The third-order valence-electron chi connectivity index (χ3n) is 3.73. The zero-order valence-corrected chi connectivity index (χ0v) is 12.5. The fraction of sp³-hybridized carbons (Fsp3) is 0.462. The summed E-state index contributed by atoms with van der Waals surface area (Å²) in [7, 11) is 0.925. The molecule has 23 heavy (non-hydrogen) atoms. The van der Waals surface area contributed by atoms with E-state index in [9.17, 15) is 28.1 Å². The van der Waals surface area contributed by atoms with E-state index in [0.717, 1.165) is 7.11 Å². The molecule has 1 N–H and O–H groups in total. The summed E-state index contributed by atoms with van der Waals surface area (Å²) in [6.07, 6.45) is -4.94. The van der Waals surface area contributed by atoms with Gasteiger partial charge in [-0.15, -0.1) is 0 Å². The molecule has 0 saturated carbocycles. The van der Waals surface area contributed by atoms with Crippen molar-refractivity contribution in [1.29, 1.82) is 0 Å². The Morgan fingerprint density at radius 2 is 1.91 bits per heavy atom. The van der Waals surface area contributed by atoms with E-state index in [-0.39, 0.29) is 5.56 Å². The maximum absolute atomic E-state index is 13.3. The highest BCUT2D eigenvalue weighted by Gasteiger charge is 2.65. The third-order valence-corrected chi connectivity index (χ3v) is 3.99. The van der Waals surface area contributed by atoms with Crippen LogP contribution in [0.4, 0.5) is 13.2 Å². The number of nitro groups is 1. The van der Waals surface area contributed by atoms with Crippen LogP contribution in [0.1, 0.15) is 11.6 Å². The number of alkyl halides is 3. The number of ether oxygens (including phenoxy) is 1. The number of hydrogen-bond acceptors (Lipinski definition) is 5. The molecule has 0 amide bonds. The van der Waals surface area contributed by atoms with Crippen molar-refractivity contribution in [2.45, 2.75) is 24.3 Å². The maximum atomic E-state index is 13.3. The van der Waals surface area contributed by atoms with E-state index in [4.69, 9.17) is 11.6 Å². The molecule has 0 bridgehead atoms. The molecule has 1 aromatic carbocycles. The number of esters is 1.